The van der Waals surface area contributed by atoms with Crippen LogP contribution in [0.25, 0.3) is 11.0 Å². The van der Waals surface area contributed by atoms with Crippen LogP contribution in [0, 0.1) is 0 Å². The van der Waals surface area contributed by atoms with Crippen LogP contribution in [0.5, 0.6) is 0 Å². The van der Waals surface area contributed by atoms with Gasteiger partial charge in [0, 0.05) is 12.8 Å². The van der Waals surface area contributed by atoms with E-state index in [0.29, 0.717) is 5.88 Å². The predicted octanol–water partition coefficient (Wildman–Crippen LogP) is 2.74. The molecule has 1 aliphatic rings. The molecule has 2 aromatic rings. The number of aromatic nitrogens is 3. The average molecular weight is 266 g/mol. The first kappa shape index (κ1) is 11.9. The smallest absolute Gasteiger partial charge is 0.125 e. The molecular weight excluding hydrogens is 250 g/mol. The van der Waals surface area contributed by atoms with Crippen LogP contribution in [0.1, 0.15) is 25.6 Å². The van der Waals surface area contributed by atoms with Crippen LogP contribution >= 0.6 is 11.6 Å². The Morgan fingerprint density at radius 2 is 2.44 bits per heavy atom. The van der Waals surface area contributed by atoms with Gasteiger partial charge in [0.05, 0.1) is 29.7 Å². The van der Waals surface area contributed by atoms with Crippen molar-refractivity contribution in [1.82, 2.24) is 14.5 Å². The predicted molar refractivity (Wildman–Crippen MR) is 70.7 cm³/mol. The lowest BCUT2D eigenvalue weighted by molar-refractivity contribution is 0.00661. The maximum absolute atomic E-state index is 5.99. The third kappa shape index (κ3) is 1.99. The summed E-state index contributed by atoms with van der Waals surface area (Å²) in [6.45, 7) is 3.81. The van der Waals surface area contributed by atoms with Crippen molar-refractivity contribution < 1.29 is 4.74 Å². The summed E-state index contributed by atoms with van der Waals surface area (Å²) in [7, 11) is 0. The van der Waals surface area contributed by atoms with Gasteiger partial charge in [-0.3, -0.25) is 4.98 Å². The van der Waals surface area contributed by atoms with Gasteiger partial charge >= 0.3 is 0 Å². The molecule has 1 atom stereocenters. The van der Waals surface area contributed by atoms with E-state index in [2.05, 4.69) is 21.5 Å². The largest absolute Gasteiger partial charge is 0.373 e. The summed E-state index contributed by atoms with van der Waals surface area (Å²) >= 11 is 5.99. The van der Waals surface area contributed by atoms with Crippen LogP contribution in [-0.4, -0.2) is 26.7 Å². The quantitative estimate of drug-likeness (QED) is 0.801. The Hall–Kier alpha value is -1.13. The zero-order valence-corrected chi connectivity index (χ0v) is 11.2. The van der Waals surface area contributed by atoms with Gasteiger partial charge in [0.1, 0.15) is 11.3 Å². The Balaban J connectivity index is 2.04. The standard InChI is InChI=1S/C13H16ClN3O/c1-13(4-2-6-18-13)9-17-11-3-5-15-8-10(11)16-12(17)7-14/h3,5,8H,2,4,6-7,9H2,1H3. The molecular formula is C13H16ClN3O. The number of nitrogens with zero attached hydrogens (tertiary/aromatic N) is 3. The topological polar surface area (TPSA) is 39.9 Å². The van der Waals surface area contributed by atoms with Crippen LogP contribution in [0.4, 0.5) is 0 Å². The fourth-order valence-electron chi connectivity index (χ4n) is 2.61. The van der Waals surface area contributed by atoms with Gasteiger partial charge in [-0.25, -0.2) is 4.98 Å². The number of hydrogen-bond acceptors (Lipinski definition) is 3. The Bertz CT molecular complexity index is 560. The molecule has 5 heteroatoms. The highest BCUT2D eigenvalue weighted by molar-refractivity contribution is 6.16. The molecule has 1 aliphatic heterocycles. The summed E-state index contributed by atoms with van der Waals surface area (Å²) in [5.41, 5.74) is 1.88. The Labute approximate surface area is 111 Å². The van der Waals surface area contributed by atoms with Crippen LogP contribution in [0.3, 0.4) is 0 Å². The van der Waals surface area contributed by atoms with Crippen molar-refractivity contribution in [3.05, 3.63) is 24.3 Å². The minimum Gasteiger partial charge on any atom is -0.373 e. The zero-order chi connectivity index (χ0) is 12.6. The molecule has 0 saturated carbocycles. The zero-order valence-electron chi connectivity index (χ0n) is 10.4. The second-order valence-corrected chi connectivity index (χ2v) is 5.28. The van der Waals surface area contributed by atoms with Gasteiger partial charge in [-0.1, -0.05) is 0 Å². The van der Waals surface area contributed by atoms with Gasteiger partial charge < -0.3 is 9.30 Å². The van der Waals surface area contributed by atoms with Gasteiger partial charge in [0.15, 0.2) is 0 Å². The number of rotatable bonds is 3. The molecule has 18 heavy (non-hydrogen) atoms. The molecule has 3 rings (SSSR count). The molecule has 1 fully saturated rings. The molecule has 0 radical (unpaired) electrons. The van der Waals surface area contributed by atoms with Gasteiger partial charge in [-0.2, -0.15) is 0 Å². The number of halogens is 1. The van der Waals surface area contributed by atoms with Gasteiger partial charge in [-0.05, 0) is 25.8 Å². The molecule has 4 nitrogen and oxygen atoms in total. The summed E-state index contributed by atoms with van der Waals surface area (Å²) in [5, 5.41) is 0. The summed E-state index contributed by atoms with van der Waals surface area (Å²) in [4.78, 5) is 8.62. The molecule has 1 unspecified atom stereocenters. The highest BCUT2D eigenvalue weighted by Gasteiger charge is 2.31. The second-order valence-electron chi connectivity index (χ2n) is 5.01. The van der Waals surface area contributed by atoms with Crippen molar-refractivity contribution in [1.29, 1.82) is 0 Å². The number of ether oxygens (including phenoxy) is 1. The molecule has 1 saturated heterocycles. The normalized spacial score (nSPS) is 23.9. The SMILES string of the molecule is CC1(Cn2c(CCl)nc3cnccc32)CCCO1. The molecule has 96 valence electrons. The highest BCUT2D eigenvalue weighted by atomic mass is 35.5. The number of alkyl halides is 1. The van der Waals surface area contributed by atoms with Gasteiger partial charge in [0.25, 0.3) is 0 Å². The highest BCUT2D eigenvalue weighted by Crippen LogP contribution is 2.29. The van der Waals surface area contributed by atoms with Crippen molar-refractivity contribution in [2.75, 3.05) is 6.61 Å². The lowest BCUT2D eigenvalue weighted by atomic mass is 10.0. The lowest BCUT2D eigenvalue weighted by Gasteiger charge is -2.24. The molecule has 2 aromatic heterocycles. The molecule has 0 N–H and O–H groups in total. The number of pyridine rings is 1. The molecule has 0 amide bonds. The Morgan fingerprint density at radius 3 is 3.17 bits per heavy atom. The molecule has 0 spiro atoms. The van der Waals surface area contributed by atoms with Crippen molar-refractivity contribution in [3.8, 4) is 0 Å². The summed E-state index contributed by atoms with van der Waals surface area (Å²) in [6, 6.07) is 1.98. The minimum atomic E-state index is -0.0995. The summed E-state index contributed by atoms with van der Waals surface area (Å²) in [6.07, 6.45) is 5.77. The van der Waals surface area contributed by atoms with Crippen molar-refractivity contribution in [2.24, 2.45) is 0 Å². The summed E-state index contributed by atoms with van der Waals surface area (Å²) < 4.78 is 8.02. The van der Waals surface area contributed by atoms with Gasteiger partial charge in [0.2, 0.25) is 0 Å². The first-order chi connectivity index (χ1) is 8.72. The van der Waals surface area contributed by atoms with Crippen molar-refractivity contribution in [2.45, 2.75) is 37.8 Å². The van der Waals surface area contributed by atoms with Crippen molar-refractivity contribution >= 4 is 22.6 Å². The van der Waals surface area contributed by atoms with E-state index in [4.69, 9.17) is 16.3 Å². The third-order valence-electron chi connectivity index (χ3n) is 3.54. The van der Waals surface area contributed by atoms with Gasteiger partial charge in [-0.15, -0.1) is 11.6 Å². The Morgan fingerprint density at radius 1 is 1.56 bits per heavy atom. The summed E-state index contributed by atoms with van der Waals surface area (Å²) in [5.74, 6) is 1.29. The fourth-order valence-corrected chi connectivity index (χ4v) is 2.81. The van der Waals surface area contributed by atoms with Crippen LogP contribution in [-0.2, 0) is 17.2 Å². The van der Waals surface area contributed by atoms with E-state index in [0.717, 1.165) is 42.9 Å². The average Bonchev–Trinajstić information content (AvgIpc) is 2.95. The van der Waals surface area contributed by atoms with E-state index in [1.807, 2.05) is 6.07 Å². The van der Waals surface area contributed by atoms with Crippen LogP contribution < -0.4 is 0 Å². The number of imidazole rings is 1. The monoisotopic (exact) mass is 265 g/mol. The fraction of sp³-hybridized carbons (Fsp3) is 0.538. The number of hydrogen-bond donors (Lipinski definition) is 0. The van der Waals surface area contributed by atoms with Crippen molar-refractivity contribution in [3.63, 3.8) is 0 Å². The molecule has 0 aliphatic carbocycles. The maximum atomic E-state index is 5.99. The van der Waals surface area contributed by atoms with E-state index in [9.17, 15) is 0 Å². The van der Waals surface area contributed by atoms with Crippen LogP contribution in [0.2, 0.25) is 0 Å². The molecule has 0 aromatic carbocycles. The van der Waals surface area contributed by atoms with E-state index in [1.54, 1.807) is 12.4 Å². The van der Waals surface area contributed by atoms with E-state index in [1.165, 1.54) is 0 Å². The first-order valence-corrected chi connectivity index (χ1v) is 6.74. The molecule has 3 heterocycles. The maximum Gasteiger partial charge on any atom is 0.125 e. The van der Waals surface area contributed by atoms with Crippen LogP contribution in [0.15, 0.2) is 18.5 Å². The van der Waals surface area contributed by atoms with E-state index in [-0.39, 0.29) is 5.60 Å². The Kier molecular flexibility index (Phi) is 2.99. The molecule has 0 bridgehead atoms. The first-order valence-electron chi connectivity index (χ1n) is 6.21. The van der Waals surface area contributed by atoms with E-state index < -0.39 is 0 Å². The number of fused-ring (bicyclic) bond motifs is 1. The minimum absolute atomic E-state index is 0.0995. The van der Waals surface area contributed by atoms with E-state index >= 15 is 0 Å². The lowest BCUT2D eigenvalue weighted by Crippen LogP contribution is -2.30. The second kappa shape index (κ2) is 4.52. The third-order valence-corrected chi connectivity index (χ3v) is 3.78.